The SMILES string of the molecule is CC(C(=O)N(C)CC(=O)NCCCN1CCNCC1)n1cccn1.Cl.Cl. The number of aromatic nitrogens is 2. The summed E-state index contributed by atoms with van der Waals surface area (Å²) in [6.07, 6.45) is 4.30. The number of likely N-dealkylation sites (N-methyl/N-ethyl adjacent to an activating group) is 1. The Bertz CT molecular complexity index is 523. The van der Waals surface area contributed by atoms with Gasteiger partial charge < -0.3 is 20.4 Å². The molecule has 1 unspecified atom stereocenters. The van der Waals surface area contributed by atoms with E-state index < -0.39 is 6.04 Å². The third-order valence-electron chi connectivity index (χ3n) is 4.22. The van der Waals surface area contributed by atoms with Gasteiger partial charge in [-0.15, -0.1) is 24.8 Å². The molecule has 2 heterocycles. The number of amides is 2. The standard InChI is InChI=1S/C16H28N6O2.2ClH/c1-14(22-10-4-6-19-22)16(24)20(2)13-15(23)18-5-3-9-21-11-7-17-8-12-21;;/h4,6,10,14,17H,3,5,7-9,11-13H2,1-2H3,(H,18,23);2*1H. The molecule has 1 aliphatic heterocycles. The Hall–Kier alpha value is -1.35. The number of nitrogens with one attached hydrogen (secondary N) is 2. The number of carbonyl (C=O) groups is 2. The molecule has 8 nitrogen and oxygen atoms in total. The fraction of sp³-hybridized carbons (Fsp3) is 0.688. The third kappa shape index (κ3) is 7.90. The first-order valence-electron chi connectivity index (χ1n) is 8.52. The highest BCUT2D eigenvalue weighted by atomic mass is 35.5. The normalized spacial score (nSPS) is 15.3. The molecule has 2 rings (SSSR count). The zero-order valence-corrected chi connectivity index (χ0v) is 17.0. The molecule has 0 bridgehead atoms. The van der Waals surface area contributed by atoms with Gasteiger partial charge >= 0.3 is 0 Å². The summed E-state index contributed by atoms with van der Waals surface area (Å²) >= 11 is 0. The van der Waals surface area contributed by atoms with Crippen LogP contribution in [0.4, 0.5) is 0 Å². The lowest BCUT2D eigenvalue weighted by atomic mass is 10.3. The molecule has 0 spiro atoms. The summed E-state index contributed by atoms with van der Waals surface area (Å²) in [7, 11) is 1.64. The quantitative estimate of drug-likeness (QED) is 0.598. The van der Waals surface area contributed by atoms with Crippen molar-refractivity contribution in [2.24, 2.45) is 0 Å². The minimum atomic E-state index is -0.412. The van der Waals surface area contributed by atoms with Crippen LogP contribution < -0.4 is 10.6 Å². The summed E-state index contributed by atoms with van der Waals surface area (Å²) in [6.45, 7) is 7.68. The molecule has 0 saturated carbocycles. The lowest BCUT2D eigenvalue weighted by Gasteiger charge is -2.27. The first-order chi connectivity index (χ1) is 11.6. The van der Waals surface area contributed by atoms with Crippen LogP contribution in [0, 0.1) is 0 Å². The van der Waals surface area contributed by atoms with E-state index in [0.717, 1.165) is 39.1 Å². The molecule has 1 saturated heterocycles. The van der Waals surface area contributed by atoms with Crippen LogP contribution in [-0.4, -0.2) is 84.3 Å². The van der Waals surface area contributed by atoms with Gasteiger partial charge in [0.15, 0.2) is 0 Å². The average molecular weight is 409 g/mol. The number of hydrogen-bond donors (Lipinski definition) is 2. The predicted octanol–water partition coefficient (Wildman–Crippen LogP) is 0.158. The second kappa shape index (κ2) is 12.9. The van der Waals surface area contributed by atoms with Crippen molar-refractivity contribution < 1.29 is 9.59 Å². The van der Waals surface area contributed by atoms with Crippen molar-refractivity contribution in [1.82, 2.24) is 30.2 Å². The number of carbonyl (C=O) groups excluding carboxylic acids is 2. The van der Waals surface area contributed by atoms with Crippen molar-refractivity contribution in [2.45, 2.75) is 19.4 Å². The highest BCUT2D eigenvalue weighted by molar-refractivity contribution is 5.86. The van der Waals surface area contributed by atoms with Gasteiger partial charge in [-0.05, 0) is 26.0 Å². The minimum absolute atomic E-state index is 0. The molecule has 1 fully saturated rings. The van der Waals surface area contributed by atoms with Crippen molar-refractivity contribution in [3.8, 4) is 0 Å². The summed E-state index contributed by atoms with van der Waals surface area (Å²) < 4.78 is 1.59. The Morgan fingerprint density at radius 1 is 1.31 bits per heavy atom. The maximum absolute atomic E-state index is 12.3. The molecule has 26 heavy (non-hydrogen) atoms. The first kappa shape index (κ1) is 24.7. The molecule has 2 amide bonds. The average Bonchev–Trinajstić information content (AvgIpc) is 3.13. The van der Waals surface area contributed by atoms with Gasteiger partial charge in [-0.3, -0.25) is 14.3 Å². The second-order valence-electron chi connectivity index (χ2n) is 6.15. The molecule has 0 radical (unpaired) electrons. The van der Waals surface area contributed by atoms with Gasteiger partial charge in [0.1, 0.15) is 6.04 Å². The van der Waals surface area contributed by atoms with E-state index in [0.29, 0.717) is 6.54 Å². The van der Waals surface area contributed by atoms with Crippen molar-refractivity contribution in [1.29, 1.82) is 0 Å². The van der Waals surface area contributed by atoms with Crippen LogP contribution in [-0.2, 0) is 9.59 Å². The molecule has 0 aliphatic carbocycles. The Morgan fingerprint density at radius 3 is 2.62 bits per heavy atom. The van der Waals surface area contributed by atoms with Crippen LogP contribution in [0.2, 0.25) is 0 Å². The molecular formula is C16H30Cl2N6O2. The molecule has 10 heteroatoms. The van der Waals surface area contributed by atoms with Crippen LogP contribution >= 0.6 is 24.8 Å². The van der Waals surface area contributed by atoms with Crippen molar-refractivity contribution >= 4 is 36.6 Å². The Labute approximate surface area is 167 Å². The maximum atomic E-state index is 12.3. The van der Waals surface area contributed by atoms with Gasteiger partial charge in [0, 0.05) is 52.2 Å². The van der Waals surface area contributed by atoms with Crippen molar-refractivity contribution in [3.63, 3.8) is 0 Å². The van der Waals surface area contributed by atoms with E-state index in [9.17, 15) is 9.59 Å². The highest BCUT2D eigenvalue weighted by Crippen LogP contribution is 2.07. The lowest BCUT2D eigenvalue weighted by molar-refractivity contribution is -0.137. The fourth-order valence-electron chi connectivity index (χ4n) is 2.76. The van der Waals surface area contributed by atoms with Crippen molar-refractivity contribution in [3.05, 3.63) is 18.5 Å². The second-order valence-corrected chi connectivity index (χ2v) is 6.15. The van der Waals surface area contributed by atoms with Crippen LogP contribution in [0.5, 0.6) is 0 Å². The molecule has 0 aromatic carbocycles. The smallest absolute Gasteiger partial charge is 0.247 e. The van der Waals surface area contributed by atoms with Crippen LogP contribution in [0.1, 0.15) is 19.4 Å². The van der Waals surface area contributed by atoms with Crippen LogP contribution in [0.3, 0.4) is 0 Å². The molecule has 2 N–H and O–H groups in total. The maximum Gasteiger partial charge on any atom is 0.247 e. The van der Waals surface area contributed by atoms with Gasteiger partial charge in [-0.25, -0.2) is 0 Å². The summed E-state index contributed by atoms with van der Waals surface area (Å²) in [5, 5.41) is 10.3. The molecule has 1 aliphatic rings. The van der Waals surface area contributed by atoms with Gasteiger partial charge in [0.05, 0.1) is 6.54 Å². The number of nitrogens with zero attached hydrogens (tertiary/aromatic N) is 4. The first-order valence-corrected chi connectivity index (χ1v) is 8.52. The number of rotatable bonds is 8. The molecule has 1 atom stereocenters. The topological polar surface area (TPSA) is 82.5 Å². The molecular weight excluding hydrogens is 379 g/mol. The van der Waals surface area contributed by atoms with Gasteiger partial charge in [0.25, 0.3) is 0 Å². The van der Waals surface area contributed by atoms with E-state index in [1.165, 1.54) is 4.90 Å². The predicted molar refractivity (Wildman–Crippen MR) is 106 cm³/mol. The number of halogens is 2. The van der Waals surface area contributed by atoms with Gasteiger partial charge in [-0.1, -0.05) is 0 Å². The summed E-state index contributed by atoms with van der Waals surface area (Å²) in [4.78, 5) is 28.1. The Morgan fingerprint density at radius 2 is 2.00 bits per heavy atom. The third-order valence-corrected chi connectivity index (χ3v) is 4.22. The minimum Gasteiger partial charge on any atom is -0.355 e. The Kier molecular flexibility index (Phi) is 12.2. The monoisotopic (exact) mass is 408 g/mol. The number of piperazine rings is 1. The van der Waals surface area contributed by atoms with Gasteiger partial charge in [0.2, 0.25) is 11.8 Å². The fourth-order valence-corrected chi connectivity index (χ4v) is 2.76. The largest absolute Gasteiger partial charge is 0.355 e. The summed E-state index contributed by atoms with van der Waals surface area (Å²) in [6, 6.07) is 1.36. The zero-order valence-electron chi connectivity index (χ0n) is 15.4. The van der Waals surface area contributed by atoms with Crippen LogP contribution in [0.25, 0.3) is 0 Å². The van der Waals surface area contributed by atoms with E-state index in [-0.39, 0.29) is 43.2 Å². The summed E-state index contributed by atoms with van der Waals surface area (Å²) in [5.74, 6) is -0.256. The Balaban J connectivity index is 0.00000312. The lowest BCUT2D eigenvalue weighted by Crippen LogP contribution is -2.45. The summed E-state index contributed by atoms with van der Waals surface area (Å²) in [5.41, 5.74) is 0. The van der Waals surface area contributed by atoms with E-state index in [1.807, 2.05) is 0 Å². The van der Waals surface area contributed by atoms with Gasteiger partial charge in [-0.2, -0.15) is 5.10 Å². The van der Waals surface area contributed by atoms with E-state index >= 15 is 0 Å². The van der Waals surface area contributed by atoms with Crippen LogP contribution in [0.15, 0.2) is 18.5 Å². The molecule has 1 aromatic rings. The molecule has 1 aromatic heterocycles. The zero-order chi connectivity index (χ0) is 17.4. The number of hydrogen-bond acceptors (Lipinski definition) is 5. The molecule has 150 valence electrons. The van der Waals surface area contributed by atoms with E-state index in [4.69, 9.17) is 0 Å². The van der Waals surface area contributed by atoms with E-state index in [1.54, 1.807) is 37.1 Å². The highest BCUT2D eigenvalue weighted by Gasteiger charge is 2.21. The van der Waals surface area contributed by atoms with Crippen molar-refractivity contribution in [2.75, 3.05) is 52.9 Å². The van der Waals surface area contributed by atoms with E-state index in [2.05, 4.69) is 20.6 Å².